The van der Waals surface area contributed by atoms with Gasteiger partial charge < -0.3 is 5.32 Å². The molecule has 1 N–H and O–H groups in total. The number of nitrogens with one attached hydrogen (secondary N) is 1. The van der Waals surface area contributed by atoms with Gasteiger partial charge in [0.2, 0.25) is 5.91 Å². The number of thioether (sulfide) groups is 1. The predicted molar refractivity (Wildman–Crippen MR) is 86.9 cm³/mol. The summed E-state index contributed by atoms with van der Waals surface area (Å²) in [5.74, 6) is -0.0488. The van der Waals surface area contributed by atoms with Gasteiger partial charge in [0.1, 0.15) is 0 Å². The summed E-state index contributed by atoms with van der Waals surface area (Å²) >= 11 is 13.1. The van der Waals surface area contributed by atoms with Gasteiger partial charge in [-0.1, -0.05) is 23.2 Å². The van der Waals surface area contributed by atoms with Crippen LogP contribution in [-0.2, 0) is 4.79 Å². The molecule has 104 valence electrons. The Morgan fingerprint density at radius 3 is 2.05 bits per heavy atom. The number of hydrogen-bond donors (Lipinski definition) is 1. The lowest BCUT2D eigenvalue weighted by Gasteiger charge is -2.12. The molecule has 0 unspecified atom stereocenters. The lowest BCUT2D eigenvalue weighted by Crippen LogP contribution is -2.22. The van der Waals surface area contributed by atoms with Crippen molar-refractivity contribution in [1.29, 1.82) is 0 Å². The maximum absolute atomic E-state index is 12.1. The van der Waals surface area contributed by atoms with Gasteiger partial charge in [-0.2, -0.15) is 0 Å². The Labute approximate surface area is 132 Å². The summed E-state index contributed by atoms with van der Waals surface area (Å²) in [6.45, 7) is 1.87. The quantitative estimate of drug-likeness (QED) is 0.791. The minimum atomic E-state index is -0.202. The molecule has 0 aliphatic heterocycles. The van der Waals surface area contributed by atoms with E-state index in [1.807, 2.05) is 31.2 Å². The Morgan fingerprint density at radius 2 is 1.50 bits per heavy atom. The fourth-order valence-electron chi connectivity index (χ4n) is 1.55. The van der Waals surface area contributed by atoms with Crippen molar-refractivity contribution in [1.82, 2.24) is 0 Å². The minimum absolute atomic E-state index is 0.0488. The maximum atomic E-state index is 12.1. The van der Waals surface area contributed by atoms with Crippen molar-refractivity contribution < 1.29 is 4.79 Å². The first-order valence-corrected chi connectivity index (χ1v) is 7.67. The molecule has 0 aliphatic carbocycles. The first kappa shape index (κ1) is 15.2. The fraction of sp³-hybridized carbons (Fsp3) is 0.133. The molecule has 20 heavy (non-hydrogen) atoms. The van der Waals surface area contributed by atoms with Crippen molar-refractivity contribution in [3.63, 3.8) is 0 Å². The largest absolute Gasteiger partial charge is 0.325 e. The number of carbonyl (C=O) groups is 1. The monoisotopic (exact) mass is 325 g/mol. The van der Waals surface area contributed by atoms with Crippen molar-refractivity contribution in [2.45, 2.75) is 17.1 Å². The second-order valence-corrected chi connectivity index (χ2v) is 6.50. The highest BCUT2D eigenvalue weighted by Gasteiger charge is 2.14. The van der Waals surface area contributed by atoms with Crippen molar-refractivity contribution in [2.24, 2.45) is 0 Å². The molecule has 2 nitrogen and oxygen atoms in total. The van der Waals surface area contributed by atoms with Crippen LogP contribution in [0.4, 0.5) is 5.69 Å². The molecule has 0 heterocycles. The number of benzene rings is 2. The van der Waals surface area contributed by atoms with Gasteiger partial charge in [-0.25, -0.2) is 0 Å². The third-order valence-corrected chi connectivity index (χ3v) is 4.22. The topological polar surface area (TPSA) is 29.1 Å². The van der Waals surface area contributed by atoms with E-state index in [0.717, 1.165) is 10.6 Å². The molecule has 5 heteroatoms. The molecular weight excluding hydrogens is 313 g/mol. The number of hydrogen-bond acceptors (Lipinski definition) is 2. The highest BCUT2D eigenvalue weighted by atomic mass is 35.5. The molecular formula is C15H13Cl2NOS. The highest BCUT2D eigenvalue weighted by molar-refractivity contribution is 8.00. The van der Waals surface area contributed by atoms with Crippen molar-refractivity contribution in [2.75, 3.05) is 5.32 Å². The summed E-state index contributed by atoms with van der Waals surface area (Å²) in [7, 11) is 0. The number of amides is 1. The maximum Gasteiger partial charge on any atom is 0.237 e. The van der Waals surface area contributed by atoms with E-state index in [4.69, 9.17) is 23.2 Å². The van der Waals surface area contributed by atoms with Crippen LogP contribution in [-0.4, -0.2) is 11.2 Å². The average Bonchev–Trinajstić information content (AvgIpc) is 2.44. The zero-order chi connectivity index (χ0) is 14.5. The molecule has 0 bridgehead atoms. The lowest BCUT2D eigenvalue weighted by molar-refractivity contribution is -0.115. The van der Waals surface area contributed by atoms with Crippen LogP contribution in [0.15, 0.2) is 53.4 Å². The number of carbonyl (C=O) groups excluding carboxylic acids is 1. The van der Waals surface area contributed by atoms with E-state index in [2.05, 4.69) is 5.32 Å². The van der Waals surface area contributed by atoms with E-state index >= 15 is 0 Å². The second-order valence-electron chi connectivity index (χ2n) is 4.21. The molecule has 0 saturated heterocycles. The Hall–Kier alpha value is -1.16. The van der Waals surface area contributed by atoms with Crippen LogP contribution < -0.4 is 5.32 Å². The molecule has 0 aromatic heterocycles. The van der Waals surface area contributed by atoms with E-state index in [1.165, 1.54) is 11.8 Å². The van der Waals surface area contributed by atoms with Gasteiger partial charge in [-0.05, 0) is 55.5 Å². The average molecular weight is 326 g/mol. The molecule has 1 amide bonds. The summed E-state index contributed by atoms with van der Waals surface area (Å²) in [5, 5.41) is 3.99. The van der Waals surface area contributed by atoms with E-state index in [1.54, 1.807) is 24.3 Å². The number of rotatable bonds is 4. The summed E-state index contributed by atoms with van der Waals surface area (Å²) in [5.41, 5.74) is 0.739. The Bertz CT molecular complexity index is 584. The van der Waals surface area contributed by atoms with Crippen molar-refractivity contribution in [3.05, 3.63) is 58.6 Å². The molecule has 0 saturated carbocycles. The smallest absolute Gasteiger partial charge is 0.237 e. The zero-order valence-corrected chi connectivity index (χ0v) is 13.1. The van der Waals surface area contributed by atoms with E-state index in [9.17, 15) is 4.79 Å². The number of anilines is 1. The Balaban J connectivity index is 1.94. The second kappa shape index (κ2) is 7.02. The lowest BCUT2D eigenvalue weighted by atomic mass is 10.3. The molecule has 2 aromatic carbocycles. The van der Waals surface area contributed by atoms with Crippen LogP contribution in [0.1, 0.15) is 6.92 Å². The van der Waals surface area contributed by atoms with Crippen molar-refractivity contribution >= 4 is 46.6 Å². The van der Waals surface area contributed by atoms with Gasteiger partial charge in [0.25, 0.3) is 0 Å². The van der Waals surface area contributed by atoms with Gasteiger partial charge in [-0.15, -0.1) is 11.8 Å². The van der Waals surface area contributed by atoms with Gasteiger partial charge in [0, 0.05) is 20.6 Å². The van der Waals surface area contributed by atoms with Crippen LogP contribution >= 0.6 is 35.0 Å². The van der Waals surface area contributed by atoms with Gasteiger partial charge in [-0.3, -0.25) is 4.79 Å². The molecule has 2 aromatic rings. The van der Waals surface area contributed by atoms with Gasteiger partial charge in [0.15, 0.2) is 0 Å². The van der Waals surface area contributed by atoms with E-state index in [0.29, 0.717) is 10.0 Å². The van der Waals surface area contributed by atoms with Crippen LogP contribution in [0.3, 0.4) is 0 Å². The summed E-state index contributed by atoms with van der Waals surface area (Å²) < 4.78 is 0. The van der Waals surface area contributed by atoms with Crippen LogP contribution in [0, 0.1) is 0 Å². The zero-order valence-electron chi connectivity index (χ0n) is 10.8. The molecule has 2 rings (SSSR count). The molecule has 0 spiro atoms. The molecule has 0 aliphatic rings. The normalized spacial score (nSPS) is 11.9. The van der Waals surface area contributed by atoms with Crippen LogP contribution in [0.25, 0.3) is 0 Å². The first-order chi connectivity index (χ1) is 9.54. The Morgan fingerprint density at radius 1 is 1.00 bits per heavy atom. The van der Waals surface area contributed by atoms with Gasteiger partial charge >= 0.3 is 0 Å². The molecule has 0 radical (unpaired) electrons. The minimum Gasteiger partial charge on any atom is -0.325 e. The van der Waals surface area contributed by atoms with E-state index in [-0.39, 0.29) is 11.2 Å². The predicted octanol–water partition coefficient (Wildman–Crippen LogP) is 5.11. The Kier molecular flexibility index (Phi) is 5.35. The third-order valence-electron chi connectivity index (χ3n) is 2.61. The summed E-state index contributed by atoms with van der Waals surface area (Å²) in [6, 6.07) is 14.5. The SMILES string of the molecule is C[C@H](Sc1ccc(Cl)cc1)C(=O)Nc1ccc(Cl)cc1. The van der Waals surface area contributed by atoms with Crippen molar-refractivity contribution in [3.8, 4) is 0 Å². The molecule has 1 atom stereocenters. The van der Waals surface area contributed by atoms with Crippen LogP contribution in [0.5, 0.6) is 0 Å². The molecule has 0 fully saturated rings. The summed E-state index contributed by atoms with van der Waals surface area (Å²) in [6.07, 6.45) is 0. The fourth-order valence-corrected chi connectivity index (χ4v) is 2.67. The summed E-state index contributed by atoms with van der Waals surface area (Å²) in [4.78, 5) is 13.1. The number of halogens is 2. The van der Waals surface area contributed by atoms with E-state index < -0.39 is 0 Å². The third kappa shape index (κ3) is 4.44. The highest BCUT2D eigenvalue weighted by Crippen LogP contribution is 2.25. The van der Waals surface area contributed by atoms with Crippen LogP contribution in [0.2, 0.25) is 10.0 Å². The first-order valence-electron chi connectivity index (χ1n) is 6.03. The standard InChI is InChI=1S/C15H13Cl2NOS/c1-10(20-14-8-4-12(17)5-9-14)15(19)18-13-6-2-11(16)3-7-13/h2-10H,1H3,(H,18,19)/t10-/m0/s1. The van der Waals surface area contributed by atoms with Gasteiger partial charge in [0.05, 0.1) is 5.25 Å².